The lowest BCUT2D eigenvalue weighted by Gasteiger charge is -2.34. The first kappa shape index (κ1) is 17.8. The molecule has 1 aliphatic heterocycles. The van der Waals surface area contributed by atoms with E-state index in [1.165, 1.54) is 4.57 Å². The van der Waals surface area contributed by atoms with Gasteiger partial charge < -0.3 is 10.5 Å². The third-order valence-electron chi connectivity index (χ3n) is 4.82. The summed E-state index contributed by atoms with van der Waals surface area (Å²) >= 11 is 0. The highest BCUT2D eigenvalue weighted by molar-refractivity contribution is 6.01. The van der Waals surface area contributed by atoms with Crippen molar-refractivity contribution in [1.82, 2.24) is 19.4 Å². The van der Waals surface area contributed by atoms with Gasteiger partial charge in [0.05, 0.1) is 13.2 Å². The minimum atomic E-state index is -0.692. The molecule has 1 aromatic heterocycles. The largest absolute Gasteiger partial charge is 0.384 e. The van der Waals surface area contributed by atoms with E-state index in [1.54, 1.807) is 7.11 Å². The first-order valence-electron chi connectivity index (χ1n) is 8.62. The molecular formula is C16H25N5O4. The Hall–Kier alpha value is -1.97. The molecule has 2 aliphatic rings. The first-order valence-corrected chi connectivity index (χ1v) is 8.62. The highest BCUT2D eigenvalue weighted by Crippen LogP contribution is 2.35. The number of piperazine rings is 1. The van der Waals surface area contributed by atoms with Crippen molar-refractivity contribution in [3.8, 4) is 0 Å². The molecule has 1 saturated carbocycles. The molecule has 0 bridgehead atoms. The maximum absolute atomic E-state index is 12.6. The molecule has 3 rings (SSSR count). The number of nitrogens with zero attached hydrogens (tertiary/aromatic N) is 3. The fourth-order valence-electron chi connectivity index (χ4n) is 3.20. The lowest BCUT2D eigenvalue weighted by molar-refractivity contribution is 0.0787. The Morgan fingerprint density at radius 1 is 1.20 bits per heavy atom. The van der Waals surface area contributed by atoms with Crippen LogP contribution in [0.2, 0.25) is 0 Å². The molecule has 25 heavy (non-hydrogen) atoms. The number of carbonyl (C=O) groups is 1. The maximum atomic E-state index is 12.6. The summed E-state index contributed by atoms with van der Waals surface area (Å²) in [6.45, 7) is 4.89. The van der Waals surface area contributed by atoms with Crippen LogP contribution in [0.25, 0.3) is 0 Å². The number of hydrogen-bond acceptors (Lipinski definition) is 7. The molecule has 138 valence electrons. The number of ketones is 1. The van der Waals surface area contributed by atoms with Gasteiger partial charge in [-0.25, -0.2) is 4.79 Å². The predicted octanol–water partition coefficient (Wildman–Crippen LogP) is -1.10. The summed E-state index contributed by atoms with van der Waals surface area (Å²) < 4.78 is 6.42. The number of Topliss-reactive ketones (excluding diaryl/α,β-unsaturated/α-hetero) is 1. The van der Waals surface area contributed by atoms with Crippen LogP contribution in [0.1, 0.15) is 29.2 Å². The van der Waals surface area contributed by atoms with Gasteiger partial charge in [-0.3, -0.25) is 28.9 Å². The van der Waals surface area contributed by atoms with Crippen LogP contribution in [0.15, 0.2) is 9.59 Å². The number of aromatic nitrogens is 2. The SMILES string of the molecule is COCCN1CCN(CC(=O)c2c(N)n(C3CC3)c(=O)[nH]c2=O)CC1. The minimum Gasteiger partial charge on any atom is -0.384 e. The second-order valence-electron chi connectivity index (χ2n) is 6.65. The summed E-state index contributed by atoms with van der Waals surface area (Å²) in [5.74, 6) is -0.335. The van der Waals surface area contributed by atoms with E-state index in [0.29, 0.717) is 6.61 Å². The Morgan fingerprint density at radius 3 is 2.44 bits per heavy atom. The standard InChI is InChI=1S/C16H25N5O4/c1-25-9-8-19-4-6-20(7-5-19)10-12(22)13-14(17)21(11-2-3-11)16(24)18-15(13)23/h11H,2-10,17H2,1H3,(H,18,23,24). The first-order chi connectivity index (χ1) is 12.0. The Kier molecular flexibility index (Phi) is 5.36. The number of ether oxygens (including phenoxy) is 1. The monoisotopic (exact) mass is 351 g/mol. The fraction of sp³-hybridized carbons (Fsp3) is 0.688. The van der Waals surface area contributed by atoms with Gasteiger partial charge in [-0.1, -0.05) is 0 Å². The summed E-state index contributed by atoms with van der Waals surface area (Å²) in [4.78, 5) is 43.2. The number of nitrogen functional groups attached to an aromatic ring is 1. The number of hydrogen-bond donors (Lipinski definition) is 2. The molecule has 2 heterocycles. The van der Waals surface area contributed by atoms with Crippen molar-refractivity contribution in [2.75, 3.05) is 58.7 Å². The number of aromatic amines is 1. The van der Waals surface area contributed by atoms with Crippen LogP contribution < -0.4 is 17.0 Å². The van der Waals surface area contributed by atoms with Gasteiger partial charge in [-0.05, 0) is 12.8 Å². The zero-order valence-corrected chi connectivity index (χ0v) is 14.5. The molecule has 9 heteroatoms. The highest BCUT2D eigenvalue weighted by atomic mass is 16.5. The molecule has 0 unspecified atom stereocenters. The van der Waals surface area contributed by atoms with E-state index in [2.05, 4.69) is 9.88 Å². The van der Waals surface area contributed by atoms with Crippen molar-refractivity contribution < 1.29 is 9.53 Å². The van der Waals surface area contributed by atoms with E-state index >= 15 is 0 Å². The molecule has 1 aliphatic carbocycles. The number of anilines is 1. The molecule has 0 radical (unpaired) electrons. The number of nitrogens with two attached hydrogens (primary N) is 1. The van der Waals surface area contributed by atoms with Crippen LogP contribution in [-0.2, 0) is 4.74 Å². The molecule has 0 aromatic carbocycles. The van der Waals surface area contributed by atoms with E-state index in [0.717, 1.165) is 45.6 Å². The minimum absolute atomic E-state index is 0.0000180. The number of carbonyl (C=O) groups excluding carboxylic acids is 1. The molecular weight excluding hydrogens is 326 g/mol. The van der Waals surface area contributed by atoms with E-state index < -0.39 is 11.2 Å². The third kappa shape index (κ3) is 4.00. The maximum Gasteiger partial charge on any atom is 0.330 e. The van der Waals surface area contributed by atoms with Crippen molar-refractivity contribution in [2.45, 2.75) is 18.9 Å². The van der Waals surface area contributed by atoms with Gasteiger partial charge in [-0.15, -0.1) is 0 Å². The normalized spacial score (nSPS) is 19.2. The van der Waals surface area contributed by atoms with Crippen molar-refractivity contribution in [3.05, 3.63) is 26.4 Å². The number of nitrogens with one attached hydrogen (secondary N) is 1. The van der Waals surface area contributed by atoms with Gasteiger partial charge in [0.1, 0.15) is 11.4 Å². The Bertz CT molecular complexity index is 744. The van der Waals surface area contributed by atoms with E-state index in [4.69, 9.17) is 10.5 Å². The van der Waals surface area contributed by atoms with Crippen LogP contribution in [0.5, 0.6) is 0 Å². The zero-order chi connectivity index (χ0) is 18.0. The van der Waals surface area contributed by atoms with Crippen molar-refractivity contribution in [3.63, 3.8) is 0 Å². The van der Waals surface area contributed by atoms with Gasteiger partial charge in [0.2, 0.25) is 0 Å². The van der Waals surface area contributed by atoms with Crippen molar-refractivity contribution in [1.29, 1.82) is 0 Å². The van der Waals surface area contributed by atoms with Crippen LogP contribution >= 0.6 is 0 Å². The van der Waals surface area contributed by atoms with Crippen LogP contribution in [0, 0.1) is 0 Å². The summed E-state index contributed by atoms with van der Waals surface area (Å²) in [6.07, 6.45) is 1.68. The van der Waals surface area contributed by atoms with Gasteiger partial charge >= 0.3 is 5.69 Å². The molecule has 1 saturated heterocycles. The molecule has 3 N–H and O–H groups in total. The second kappa shape index (κ2) is 7.51. The molecule has 0 spiro atoms. The molecule has 2 fully saturated rings. The van der Waals surface area contributed by atoms with Crippen molar-refractivity contribution >= 4 is 11.6 Å². The Labute approximate surface area is 145 Å². The molecule has 9 nitrogen and oxygen atoms in total. The van der Waals surface area contributed by atoms with Crippen LogP contribution in [0.4, 0.5) is 5.82 Å². The number of H-pyrrole nitrogens is 1. The van der Waals surface area contributed by atoms with Gasteiger partial charge in [-0.2, -0.15) is 0 Å². The predicted molar refractivity (Wildman–Crippen MR) is 93.1 cm³/mol. The topological polar surface area (TPSA) is 114 Å². The van der Waals surface area contributed by atoms with Crippen LogP contribution in [0.3, 0.4) is 0 Å². The van der Waals surface area contributed by atoms with Gasteiger partial charge in [0, 0.05) is 45.9 Å². The molecule has 0 atom stereocenters. The Balaban J connectivity index is 1.67. The lowest BCUT2D eigenvalue weighted by Crippen LogP contribution is -2.49. The van der Waals surface area contributed by atoms with Gasteiger partial charge in [0.25, 0.3) is 5.56 Å². The summed E-state index contributed by atoms with van der Waals surface area (Å²) in [5.41, 5.74) is 4.68. The second-order valence-corrected chi connectivity index (χ2v) is 6.65. The summed E-state index contributed by atoms with van der Waals surface area (Å²) in [5, 5.41) is 0. The van der Waals surface area contributed by atoms with Crippen molar-refractivity contribution in [2.24, 2.45) is 0 Å². The Morgan fingerprint density at radius 2 is 1.84 bits per heavy atom. The summed E-state index contributed by atoms with van der Waals surface area (Å²) in [7, 11) is 1.68. The van der Waals surface area contributed by atoms with Gasteiger partial charge in [0.15, 0.2) is 5.78 Å². The molecule has 0 amide bonds. The molecule has 1 aromatic rings. The van der Waals surface area contributed by atoms with E-state index in [1.807, 2.05) is 4.90 Å². The summed E-state index contributed by atoms with van der Waals surface area (Å²) in [6, 6.07) is 0.000212. The lowest BCUT2D eigenvalue weighted by atomic mass is 10.1. The van der Waals surface area contributed by atoms with E-state index in [9.17, 15) is 14.4 Å². The van der Waals surface area contributed by atoms with Crippen LogP contribution in [-0.4, -0.2) is 78.1 Å². The zero-order valence-electron chi connectivity index (χ0n) is 14.5. The van der Waals surface area contributed by atoms with E-state index in [-0.39, 0.29) is 29.8 Å². The number of methoxy groups -OCH3 is 1. The average molecular weight is 351 g/mol. The number of rotatable bonds is 7. The third-order valence-corrected chi connectivity index (χ3v) is 4.82. The quantitative estimate of drug-likeness (QED) is 0.600. The average Bonchev–Trinajstić information content (AvgIpc) is 3.38. The fourth-order valence-corrected chi connectivity index (χ4v) is 3.20. The highest BCUT2D eigenvalue weighted by Gasteiger charge is 2.30. The smallest absolute Gasteiger partial charge is 0.330 e.